The van der Waals surface area contributed by atoms with Gasteiger partial charge in [0.15, 0.2) is 11.2 Å². The van der Waals surface area contributed by atoms with Gasteiger partial charge in [0.2, 0.25) is 0 Å². The van der Waals surface area contributed by atoms with E-state index in [1.54, 1.807) is 31.5 Å². The largest absolute Gasteiger partial charge is 0.449 e. The zero-order valence-corrected chi connectivity index (χ0v) is 15.2. The Labute approximate surface area is 158 Å². The van der Waals surface area contributed by atoms with E-state index in [0.717, 1.165) is 21.3 Å². The predicted molar refractivity (Wildman–Crippen MR) is 104 cm³/mol. The monoisotopic (exact) mass is 380 g/mol. The molecule has 0 bridgehead atoms. The average Bonchev–Trinajstić information content (AvgIpc) is 3.30. The fraction of sp³-hybridized carbons (Fsp3) is 0.158. The smallest absolute Gasteiger partial charge is 0.338 e. The first-order chi connectivity index (χ1) is 13.1. The van der Waals surface area contributed by atoms with Crippen LogP contribution in [0.3, 0.4) is 0 Å². The van der Waals surface area contributed by atoms with Crippen LogP contribution in [-0.2, 0) is 9.53 Å². The maximum absolute atomic E-state index is 12.5. The van der Waals surface area contributed by atoms with Gasteiger partial charge >= 0.3 is 5.97 Å². The van der Waals surface area contributed by atoms with E-state index in [9.17, 15) is 9.59 Å². The number of benzene rings is 2. The van der Waals surface area contributed by atoms with Crippen LogP contribution in [0.25, 0.3) is 21.3 Å². The zero-order chi connectivity index (χ0) is 18.8. The Balaban J connectivity index is 1.47. The molecule has 4 rings (SSSR count). The van der Waals surface area contributed by atoms with Crippen molar-refractivity contribution < 1.29 is 14.3 Å². The van der Waals surface area contributed by atoms with Crippen molar-refractivity contribution in [1.82, 2.24) is 15.0 Å². The maximum Gasteiger partial charge on any atom is 0.338 e. The number of nitrogens with one attached hydrogen (secondary N) is 2. The minimum absolute atomic E-state index is 0.356. The van der Waals surface area contributed by atoms with Gasteiger partial charge in [-0.1, -0.05) is 30.4 Å². The Morgan fingerprint density at radius 3 is 2.89 bits per heavy atom. The Kier molecular flexibility index (Phi) is 4.55. The second-order valence-electron chi connectivity index (χ2n) is 5.91. The standard InChI is InChI=1S/C19H16N4O3S/c1-2-15(17(24)23-19-22-13-5-3-4-6-16(13)27-19)26-18(25)11-7-8-12-14(9-11)21-10-20-12/h3-10,15H,2H2,1H3,(H,20,21)(H,22,23,24). The minimum atomic E-state index is -0.901. The molecule has 0 saturated heterocycles. The van der Waals surface area contributed by atoms with Crippen molar-refractivity contribution in [2.75, 3.05) is 5.32 Å². The Hall–Kier alpha value is -3.26. The molecule has 2 heterocycles. The van der Waals surface area contributed by atoms with E-state index in [0.29, 0.717) is 17.1 Å². The summed E-state index contributed by atoms with van der Waals surface area (Å²) in [6, 6.07) is 12.6. The second-order valence-corrected chi connectivity index (χ2v) is 6.94. The third-order valence-corrected chi connectivity index (χ3v) is 5.04. The van der Waals surface area contributed by atoms with E-state index in [2.05, 4.69) is 20.3 Å². The molecule has 2 N–H and O–H groups in total. The van der Waals surface area contributed by atoms with Gasteiger partial charge in [0.25, 0.3) is 5.91 Å². The van der Waals surface area contributed by atoms with Crippen molar-refractivity contribution in [3.8, 4) is 0 Å². The molecule has 8 heteroatoms. The van der Waals surface area contributed by atoms with E-state index >= 15 is 0 Å². The molecule has 0 radical (unpaired) electrons. The fourth-order valence-electron chi connectivity index (χ4n) is 2.69. The highest BCUT2D eigenvalue weighted by atomic mass is 32.1. The number of H-pyrrole nitrogens is 1. The van der Waals surface area contributed by atoms with Crippen LogP contribution in [-0.4, -0.2) is 32.9 Å². The maximum atomic E-state index is 12.5. The summed E-state index contributed by atoms with van der Waals surface area (Å²) in [6.07, 6.45) is 1.01. The number of esters is 1. The van der Waals surface area contributed by atoms with Gasteiger partial charge in [-0.25, -0.2) is 14.8 Å². The molecule has 136 valence electrons. The SMILES string of the molecule is CCC(OC(=O)c1ccc2nc[nH]c2c1)C(=O)Nc1nc2ccccc2s1. The fourth-order valence-corrected chi connectivity index (χ4v) is 3.56. The van der Waals surface area contributed by atoms with Crippen LogP contribution in [0.5, 0.6) is 0 Å². The summed E-state index contributed by atoms with van der Waals surface area (Å²) in [6.45, 7) is 1.79. The predicted octanol–water partition coefficient (Wildman–Crippen LogP) is 3.75. The highest BCUT2D eigenvalue weighted by Gasteiger charge is 2.23. The summed E-state index contributed by atoms with van der Waals surface area (Å²) < 4.78 is 6.39. The first-order valence-corrected chi connectivity index (χ1v) is 9.26. The van der Waals surface area contributed by atoms with Crippen LogP contribution in [0, 0.1) is 0 Å². The highest BCUT2D eigenvalue weighted by Crippen LogP contribution is 2.25. The number of carbonyl (C=O) groups is 2. The molecule has 4 aromatic rings. The number of anilines is 1. The third kappa shape index (κ3) is 3.52. The molecule has 0 aliphatic rings. The van der Waals surface area contributed by atoms with E-state index in [-0.39, 0.29) is 0 Å². The number of hydrogen-bond acceptors (Lipinski definition) is 6. The molecule has 0 aliphatic heterocycles. The number of thiazole rings is 1. The molecule has 2 aromatic carbocycles. The molecule has 1 amide bonds. The molecule has 2 aromatic heterocycles. The molecule has 0 saturated carbocycles. The molecule has 1 atom stereocenters. The summed E-state index contributed by atoms with van der Waals surface area (Å²) in [4.78, 5) is 36.4. The lowest BCUT2D eigenvalue weighted by atomic mass is 10.2. The molecular formula is C19H16N4O3S. The minimum Gasteiger partial charge on any atom is -0.449 e. The van der Waals surface area contributed by atoms with Gasteiger partial charge in [-0.3, -0.25) is 10.1 Å². The van der Waals surface area contributed by atoms with Crippen molar-refractivity contribution in [1.29, 1.82) is 0 Å². The number of nitrogens with zero attached hydrogens (tertiary/aromatic N) is 2. The molecule has 0 aliphatic carbocycles. The van der Waals surface area contributed by atoms with Crippen molar-refractivity contribution in [2.45, 2.75) is 19.4 Å². The van der Waals surface area contributed by atoms with Gasteiger partial charge in [-0.15, -0.1) is 0 Å². The summed E-state index contributed by atoms with van der Waals surface area (Å²) in [5, 5.41) is 3.22. The number of imidazole rings is 1. The Morgan fingerprint density at radius 2 is 2.07 bits per heavy atom. The number of hydrogen-bond donors (Lipinski definition) is 2. The van der Waals surface area contributed by atoms with Crippen LogP contribution in [0.15, 0.2) is 48.8 Å². The van der Waals surface area contributed by atoms with Gasteiger partial charge in [0, 0.05) is 0 Å². The third-order valence-electron chi connectivity index (χ3n) is 4.09. The summed E-state index contributed by atoms with van der Waals surface area (Å²) in [5.74, 6) is -0.953. The first kappa shape index (κ1) is 17.2. The van der Waals surface area contributed by atoms with Gasteiger partial charge in [0.1, 0.15) is 0 Å². The number of para-hydroxylation sites is 1. The van der Waals surface area contributed by atoms with E-state index in [1.807, 2.05) is 24.3 Å². The average molecular weight is 380 g/mol. The van der Waals surface area contributed by atoms with Gasteiger partial charge in [-0.05, 0) is 36.8 Å². The second kappa shape index (κ2) is 7.16. The summed E-state index contributed by atoms with van der Waals surface area (Å²) in [5.41, 5.74) is 2.66. The van der Waals surface area contributed by atoms with Crippen LogP contribution in [0.2, 0.25) is 0 Å². The molecule has 27 heavy (non-hydrogen) atoms. The number of rotatable bonds is 5. The van der Waals surface area contributed by atoms with Crippen LogP contribution in [0.1, 0.15) is 23.7 Å². The molecular weight excluding hydrogens is 364 g/mol. The number of aromatic nitrogens is 3. The Morgan fingerprint density at radius 1 is 1.22 bits per heavy atom. The number of ether oxygens (including phenoxy) is 1. The normalized spacial score (nSPS) is 12.2. The molecule has 0 spiro atoms. The van der Waals surface area contributed by atoms with Crippen LogP contribution in [0.4, 0.5) is 5.13 Å². The topological polar surface area (TPSA) is 97.0 Å². The van der Waals surface area contributed by atoms with Crippen molar-refractivity contribution in [3.05, 3.63) is 54.4 Å². The number of carbonyl (C=O) groups excluding carboxylic acids is 2. The highest BCUT2D eigenvalue weighted by molar-refractivity contribution is 7.22. The van der Waals surface area contributed by atoms with Crippen molar-refractivity contribution in [3.63, 3.8) is 0 Å². The summed E-state index contributed by atoms with van der Waals surface area (Å²) in [7, 11) is 0. The number of aromatic amines is 1. The lowest BCUT2D eigenvalue weighted by Gasteiger charge is -2.15. The van der Waals surface area contributed by atoms with E-state index in [1.165, 1.54) is 11.3 Å². The van der Waals surface area contributed by atoms with E-state index in [4.69, 9.17) is 4.74 Å². The molecule has 1 unspecified atom stereocenters. The quantitative estimate of drug-likeness (QED) is 0.514. The van der Waals surface area contributed by atoms with Gasteiger partial charge < -0.3 is 9.72 Å². The van der Waals surface area contributed by atoms with Gasteiger partial charge in [0.05, 0.1) is 33.1 Å². The van der Waals surface area contributed by atoms with Gasteiger partial charge in [-0.2, -0.15) is 0 Å². The molecule has 0 fully saturated rings. The van der Waals surface area contributed by atoms with Crippen molar-refractivity contribution >= 4 is 49.6 Å². The zero-order valence-electron chi connectivity index (χ0n) is 14.4. The lowest BCUT2D eigenvalue weighted by Crippen LogP contribution is -2.32. The molecule has 7 nitrogen and oxygen atoms in total. The number of fused-ring (bicyclic) bond motifs is 2. The van der Waals surface area contributed by atoms with Crippen LogP contribution >= 0.6 is 11.3 Å². The Bertz CT molecular complexity index is 1100. The summed E-state index contributed by atoms with van der Waals surface area (Å²) >= 11 is 1.38. The lowest BCUT2D eigenvalue weighted by molar-refractivity contribution is -0.124. The first-order valence-electron chi connectivity index (χ1n) is 8.44. The number of amides is 1. The van der Waals surface area contributed by atoms with E-state index < -0.39 is 18.0 Å². The van der Waals surface area contributed by atoms with Crippen LogP contribution < -0.4 is 5.32 Å². The van der Waals surface area contributed by atoms with Crippen molar-refractivity contribution in [2.24, 2.45) is 0 Å².